The van der Waals surface area contributed by atoms with Crippen molar-refractivity contribution in [1.82, 2.24) is 14.7 Å². The number of rotatable bonds is 6. The average Bonchev–Trinajstić information content (AvgIpc) is 2.88. The summed E-state index contributed by atoms with van der Waals surface area (Å²) in [6.45, 7) is 2.00. The maximum absolute atomic E-state index is 13.3. The van der Waals surface area contributed by atoms with Crippen LogP contribution < -0.4 is 24.7 Å². The summed E-state index contributed by atoms with van der Waals surface area (Å²) >= 11 is 0. The molecule has 0 aliphatic carbocycles. The van der Waals surface area contributed by atoms with Gasteiger partial charge in [-0.05, 0) is 42.5 Å². The minimum atomic E-state index is -0.388. The predicted molar refractivity (Wildman–Crippen MR) is 124 cm³/mol. The van der Waals surface area contributed by atoms with Gasteiger partial charge in [0.25, 0.3) is 11.5 Å². The van der Waals surface area contributed by atoms with Crippen LogP contribution in [0.3, 0.4) is 0 Å². The molecule has 9 nitrogen and oxygen atoms in total. The molecule has 1 amide bonds. The van der Waals surface area contributed by atoms with Gasteiger partial charge in [0.05, 0.1) is 27.0 Å². The van der Waals surface area contributed by atoms with E-state index in [-0.39, 0.29) is 17.3 Å². The number of piperazine rings is 1. The van der Waals surface area contributed by atoms with Gasteiger partial charge in [0.15, 0.2) is 11.5 Å². The van der Waals surface area contributed by atoms with Crippen molar-refractivity contribution >= 4 is 11.7 Å². The van der Waals surface area contributed by atoms with E-state index in [1.54, 1.807) is 23.1 Å². The van der Waals surface area contributed by atoms with Crippen LogP contribution in [0.4, 0.5) is 10.2 Å². The summed E-state index contributed by atoms with van der Waals surface area (Å²) in [5.41, 5.74) is 0.599. The highest BCUT2D eigenvalue weighted by atomic mass is 19.1. The number of carbonyl (C=O) groups excluding carboxylic acids is 1. The van der Waals surface area contributed by atoms with E-state index in [0.717, 1.165) is 0 Å². The first-order chi connectivity index (χ1) is 16.4. The van der Waals surface area contributed by atoms with Crippen LogP contribution in [0.5, 0.6) is 17.2 Å². The molecule has 10 heteroatoms. The predicted octanol–water partition coefficient (Wildman–Crippen LogP) is 2.36. The number of anilines is 1. The zero-order chi connectivity index (χ0) is 24.2. The summed E-state index contributed by atoms with van der Waals surface area (Å²) in [7, 11) is 4.51. The average molecular weight is 468 g/mol. The van der Waals surface area contributed by atoms with Crippen molar-refractivity contribution in [3.05, 3.63) is 70.3 Å². The standard InChI is InChI=1S/C24H25FN4O5/c1-32-19-14-16(15-20(33-2)23(19)34-3)24(31)28-12-10-27(11-13-28)21-8-9-22(30)29(26-21)18-6-4-17(25)5-7-18/h4-9,14-15H,10-13H2,1-3H3. The van der Waals surface area contributed by atoms with Crippen molar-refractivity contribution < 1.29 is 23.4 Å². The van der Waals surface area contributed by atoms with Crippen LogP contribution in [0.25, 0.3) is 5.69 Å². The van der Waals surface area contributed by atoms with E-state index < -0.39 is 0 Å². The molecule has 3 aromatic rings. The van der Waals surface area contributed by atoms with Gasteiger partial charge in [-0.25, -0.2) is 4.39 Å². The molecule has 1 fully saturated rings. The fraction of sp³-hybridized carbons (Fsp3) is 0.292. The summed E-state index contributed by atoms with van der Waals surface area (Å²) < 4.78 is 30.5. The molecular weight excluding hydrogens is 443 g/mol. The van der Waals surface area contributed by atoms with Crippen molar-refractivity contribution in [2.75, 3.05) is 52.4 Å². The molecular formula is C24H25FN4O5. The Morgan fingerprint density at radius 1 is 0.882 bits per heavy atom. The van der Waals surface area contributed by atoms with Crippen LogP contribution >= 0.6 is 0 Å². The Labute approximate surface area is 195 Å². The molecule has 1 aromatic heterocycles. The highest BCUT2D eigenvalue weighted by Gasteiger charge is 2.25. The highest BCUT2D eigenvalue weighted by molar-refractivity contribution is 5.95. The van der Waals surface area contributed by atoms with Gasteiger partial charge in [-0.1, -0.05) is 0 Å². The normalized spacial score (nSPS) is 13.5. The van der Waals surface area contributed by atoms with Crippen LogP contribution in [0, 0.1) is 5.82 Å². The summed E-state index contributed by atoms with van der Waals surface area (Å²) in [4.78, 5) is 29.2. The lowest BCUT2D eigenvalue weighted by atomic mass is 10.1. The third kappa shape index (κ3) is 4.52. The monoisotopic (exact) mass is 468 g/mol. The Bertz CT molecular complexity index is 1210. The fourth-order valence-electron chi connectivity index (χ4n) is 3.86. The molecule has 0 radical (unpaired) electrons. The van der Waals surface area contributed by atoms with Gasteiger partial charge in [0, 0.05) is 37.8 Å². The van der Waals surface area contributed by atoms with Crippen LogP contribution in [0.15, 0.2) is 53.3 Å². The first-order valence-corrected chi connectivity index (χ1v) is 10.7. The Hall–Kier alpha value is -4.08. The van der Waals surface area contributed by atoms with Crippen molar-refractivity contribution in [2.45, 2.75) is 0 Å². The third-order valence-corrected chi connectivity index (χ3v) is 5.66. The molecule has 178 valence electrons. The molecule has 1 aliphatic heterocycles. The van der Waals surface area contributed by atoms with E-state index in [2.05, 4.69) is 5.10 Å². The summed E-state index contributed by atoms with van der Waals surface area (Å²) in [6.07, 6.45) is 0. The molecule has 0 saturated carbocycles. The van der Waals surface area contributed by atoms with E-state index in [4.69, 9.17) is 14.2 Å². The Morgan fingerprint density at radius 2 is 1.50 bits per heavy atom. The highest BCUT2D eigenvalue weighted by Crippen LogP contribution is 2.38. The molecule has 34 heavy (non-hydrogen) atoms. The molecule has 4 rings (SSSR count). The topological polar surface area (TPSA) is 86.1 Å². The second-order valence-electron chi connectivity index (χ2n) is 7.61. The molecule has 0 spiro atoms. The first kappa shape index (κ1) is 23.1. The smallest absolute Gasteiger partial charge is 0.271 e. The summed E-state index contributed by atoms with van der Waals surface area (Å²) in [5.74, 6) is 1.31. The van der Waals surface area contributed by atoms with E-state index in [1.807, 2.05) is 4.90 Å². The number of amides is 1. The van der Waals surface area contributed by atoms with Crippen molar-refractivity contribution in [3.8, 4) is 22.9 Å². The van der Waals surface area contributed by atoms with Crippen LogP contribution in [-0.2, 0) is 0 Å². The lowest BCUT2D eigenvalue weighted by Crippen LogP contribution is -2.49. The van der Waals surface area contributed by atoms with Gasteiger partial charge in [0.1, 0.15) is 11.6 Å². The molecule has 0 bridgehead atoms. The zero-order valence-electron chi connectivity index (χ0n) is 19.2. The van der Waals surface area contributed by atoms with Gasteiger partial charge in [-0.15, -0.1) is 5.10 Å². The largest absolute Gasteiger partial charge is 0.493 e. The second-order valence-corrected chi connectivity index (χ2v) is 7.61. The van der Waals surface area contributed by atoms with Gasteiger partial charge in [-0.3, -0.25) is 9.59 Å². The number of methoxy groups -OCH3 is 3. The van der Waals surface area contributed by atoms with E-state index >= 15 is 0 Å². The van der Waals surface area contributed by atoms with Gasteiger partial charge in [0.2, 0.25) is 5.75 Å². The molecule has 1 aliphatic rings. The van der Waals surface area contributed by atoms with Crippen molar-refractivity contribution in [1.29, 1.82) is 0 Å². The first-order valence-electron chi connectivity index (χ1n) is 10.7. The van der Waals surface area contributed by atoms with Crippen molar-refractivity contribution in [3.63, 3.8) is 0 Å². The number of nitrogens with zero attached hydrogens (tertiary/aromatic N) is 4. The number of ether oxygens (including phenoxy) is 3. The molecule has 0 unspecified atom stereocenters. The lowest BCUT2D eigenvalue weighted by Gasteiger charge is -2.35. The van der Waals surface area contributed by atoms with E-state index in [0.29, 0.717) is 60.5 Å². The number of hydrogen-bond acceptors (Lipinski definition) is 7. The third-order valence-electron chi connectivity index (χ3n) is 5.66. The van der Waals surface area contributed by atoms with Gasteiger partial charge in [-0.2, -0.15) is 4.68 Å². The SMILES string of the molecule is COc1cc(C(=O)N2CCN(c3ccc(=O)n(-c4ccc(F)cc4)n3)CC2)cc(OC)c1OC. The van der Waals surface area contributed by atoms with E-state index in [1.165, 1.54) is 56.3 Å². The van der Waals surface area contributed by atoms with Gasteiger partial charge < -0.3 is 24.0 Å². The van der Waals surface area contributed by atoms with Crippen LogP contribution in [0.2, 0.25) is 0 Å². The Balaban J connectivity index is 1.50. The molecule has 1 saturated heterocycles. The van der Waals surface area contributed by atoms with Gasteiger partial charge >= 0.3 is 0 Å². The summed E-state index contributed by atoms with van der Waals surface area (Å²) in [5, 5.41) is 4.45. The molecule has 0 atom stereocenters. The minimum Gasteiger partial charge on any atom is -0.493 e. The maximum atomic E-state index is 13.3. The molecule has 2 aromatic carbocycles. The van der Waals surface area contributed by atoms with Crippen LogP contribution in [-0.4, -0.2) is 68.1 Å². The minimum absolute atomic E-state index is 0.150. The van der Waals surface area contributed by atoms with E-state index in [9.17, 15) is 14.0 Å². The quantitative estimate of drug-likeness (QED) is 0.549. The second kappa shape index (κ2) is 9.82. The number of carbonyl (C=O) groups is 1. The van der Waals surface area contributed by atoms with Crippen LogP contribution in [0.1, 0.15) is 10.4 Å². The maximum Gasteiger partial charge on any atom is 0.271 e. The number of halogens is 1. The zero-order valence-corrected chi connectivity index (χ0v) is 19.2. The number of benzene rings is 2. The summed E-state index contributed by atoms with van der Waals surface area (Å²) in [6, 6.07) is 11.9. The number of hydrogen-bond donors (Lipinski definition) is 0. The number of aromatic nitrogens is 2. The van der Waals surface area contributed by atoms with Crippen molar-refractivity contribution in [2.24, 2.45) is 0 Å². The fourth-order valence-corrected chi connectivity index (χ4v) is 3.86. The molecule has 2 heterocycles. The lowest BCUT2D eigenvalue weighted by molar-refractivity contribution is 0.0745. The Morgan fingerprint density at radius 3 is 2.06 bits per heavy atom. The Kier molecular flexibility index (Phi) is 6.67. The molecule has 0 N–H and O–H groups in total.